The quantitative estimate of drug-likeness (QED) is 0.588. The highest BCUT2D eigenvalue weighted by atomic mass is 35.5. The zero-order valence-corrected chi connectivity index (χ0v) is 17.6. The third-order valence-electron chi connectivity index (χ3n) is 4.00. The average molecular weight is 422 g/mol. The minimum absolute atomic E-state index is 0.0881. The molecule has 0 aromatic carbocycles. The first-order valence-corrected chi connectivity index (χ1v) is 9.44. The van der Waals surface area contributed by atoms with E-state index in [1.807, 2.05) is 27.7 Å². The summed E-state index contributed by atoms with van der Waals surface area (Å²) in [5.41, 5.74) is 2.28. The second-order valence-corrected chi connectivity index (χ2v) is 6.47. The van der Waals surface area contributed by atoms with Crippen LogP contribution in [0.4, 0.5) is 8.78 Å². The van der Waals surface area contributed by atoms with Crippen molar-refractivity contribution in [1.29, 1.82) is 0 Å². The zero-order chi connectivity index (χ0) is 21.7. The lowest BCUT2D eigenvalue weighted by Gasteiger charge is -2.16. The van der Waals surface area contributed by atoms with Gasteiger partial charge in [0.2, 0.25) is 0 Å². The third kappa shape index (κ3) is 4.98. The molecule has 154 valence electrons. The minimum atomic E-state index is -0.834. The van der Waals surface area contributed by atoms with E-state index in [-0.39, 0.29) is 23.1 Å². The first-order valence-electron chi connectivity index (χ1n) is 9.06. The Balaban J connectivity index is 0.00000145. The number of aromatic nitrogens is 3. The van der Waals surface area contributed by atoms with Gasteiger partial charge in [-0.15, -0.1) is 0 Å². The SMILES string of the molecule is CC.Cc1cc(-n2c(C)cc(OCc3ncc(F)cc3F)c(Cl)c2=O)c(C)cn1. The van der Waals surface area contributed by atoms with Gasteiger partial charge < -0.3 is 4.74 Å². The standard InChI is InChI=1S/C19H16ClF2N3O2.C2H6/c1-10-7-23-11(2)4-16(10)25-12(3)5-17(18(20)19(25)26)27-9-15-14(22)6-13(21)8-24-15;1-2/h4-8H,9H2,1-3H3;1-2H3. The van der Waals surface area contributed by atoms with Gasteiger partial charge in [-0.3, -0.25) is 19.3 Å². The predicted octanol–water partition coefficient (Wildman–Crippen LogP) is 5.09. The summed E-state index contributed by atoms with van der Waals surface area (Å²) in [5.74, 6) is -1.51. The lowest BCUT2D eigenvalue weighted by molar-refractivity contribution is 0.292. The van der Waals surface area contributed by atoms with Gasteiger partial charge in [0.1, 0.15) is 28.9 Å². The minimum Gasteiger partial charge on any atom is -0.485 e. The molecule has 0 amide bonds. The van der Waals surface area contributed by atoms with Crippen molar-refractivity contribution in [1.82, 2.24) is 14.5 Å². The molecule has 5 nitrogen and oxygen atoms in total. The highest BCUT2D eigenvalue weighted by Crippen LogP contribution is 2.25. The molecule has 3 aromatic heterocycles. The van der Waals surface area contributed by atoms with E-state index in [0.717, 1.165) is 17.5 Å². The molecule has 0 N–H and O–H groups in total. The van der Waals surface area contributed by atoms with E-state index >= 15 is 0 Å². The van der Waals surface area contributed by atoms with Crippen molar-refractivity contribution in [2.45, 2.75) is 41.2 Å². The molecule has 0 aliphatic carbocycles. The summed E-state index contributed by atoms with van der Waals surface area (Å²) in [6.45, 7) is 9.11. The molecule has 8 heteroatoms. The molecule has 3 heterocycles. The number of aryl methyl sites for hydroxylation is 3. The summed E-state index contributed by atoms with van der Waals surface area (Å²) >= 11 is 6.20. The van der Waals surface area contributed by atoms with Crippen LogP contribution in [-0.2, 0) is 6.61 Å². The fourth-order valence-corrected chi connectivity index (χ4v) is 2.83. The Bertz CT molecular complexity index is 1080. The van der Waals surface area contributed by atoms with Crippen LogP contribution in [0.5, 0.6) is 5.75 Å². The van der Waals surface area contributed by atoms with Gasteiger partial charge >= 0.3 is 0 Å². The smallest absolute Gasteiger partial charge is 0.277 e. The first-order chi connectivity index (χ1) is 13.8. The van der Waals surface area contributed by atoms with Crippen LogP contribution in [-0.4, -0.2) is 14.5 Å². The Labute approximate surface area is 173 Å². The Kier molecular flexibility index (Phi) is 7.45. The van der Waals surface area contributed by atoms with Crippen LogP contribution in [0.25, 0.3) is 5.69 Å². The molecule has 0 aliphatic rings. The van der Waals surface area contributed by atoms with Crippen LogP contribution in [0.1, 0.15) is 36.5 Å². The topological polar surface area (TPSA) is 57.0 Å². The number of hydrogen-bond donors (Lipinski definition) is 0. The van der Waals surface area contributed by atoms with Crippen molar-refractivity contribution in [2.75, 3.05) is 0 Å². The van der Waals surface area contributed by atoms with Gasteiger partial charge in [-0.2, -0.15) is 0 Å². The van der Waals surface area contributed by atoms with Gasteiger partial charge in [-0.25, -0.2) is 8.78 Å². The van der Waals surface area contributed by atoms with Crippen molar-refractivity contribution in [3.05, 3.63) is 80.2 Å². The van der Waals surface area contributed by atoms with Crippen molar-refractivity contribution >= 4 is 11.6 Å². The van der Waals surface area contributed by atoms with Crippen molar-refractivity contribution in [2.24, 2.45) is 0 Å². The number of halogens is 3. The van der Waals surface area contributed by atoms with Gasteiger partial charge in [0.05, 0.1) is 11.9 Å². The normalized spacial score (nSPS) is 10.3. The largest absolute Gasteiger partial charge is 0.485 e. The second-order valence-electron chi connectivity index (χ2n) is 6.09. The lowest BCUT2D eigenvalue weighted by atomic mass is 10.2. The van der Waals surface area contributed by atoms with Crippen LogP contribution < -0.4 is 10.3 Å². The van der Waals surface area contributed by atoms with E-state index in [1.165, 1.54) is 4.57 Å². The summed E-state index contributed by atoms with van der Waals surface area (Å²) in [6.07, 6.45) is 2.57. The van der Waals surface area contributed by atoms with Gasteiger partial charge in [-0.1, -0.05) is 25.4 Å². The highest BCUT2D eigenvalue weighted by Gasteiger charge is 2.16. The second kappa shape index (κ2) is 9.60. The van der Waals surface area contributed by atoms with E-state index < -0.39 is 17.2 Å². The fraction of sp³-hybridized carbons (Fsp3) is 0.286. The molecule has 3 rings (SSSR count). The summed E-state index contributed by atoms with van der Waals surface area (Å²) in [6, 6.07) is 4.09. The summed E-state index contributed by atoms with van der Waals surface area (Å²) < 4.78 is 33.6. The molecule has 0 aliphatic heterocycles. The molecule has 0 saturated heterocycles. The van der Waals surface area contributed by atoms with Gasteiger partial charge in [-0.05, 0) is 32.4 Å². The Morgan fingerprint density at radius 1 is 1.07 bits per heavy atom. The molecule has 3 aromatic rings. The first kappa shape index (κ1) is 22.5. The van der Waals surface area contributed by atoms with Crippen LogP contribution in [0, 0.1) is 32.4 Å². The maximum atomic E-state index is 13.7. The van der Waals surface area contributed by atoms with Crippen LogP contribution in [0.15, 0.2) is 35.4 Å². The highest BCUT2D eigenvalue weighted by molar-refractivity contribution is 6.31. The molecule has 0 atom stereocenters. The lowest BCUT2D eigenvalue weighted by Crippen LogP contribution is -2.23. The predicted molar refractivity (Wildman–Crippen MR) is 109 cm³/mol. The Morgan fingerprint density at radius 3 is 2.41 bits per heavy atom. The molecule has 0 spiro atoms. The van der Waals surface area contributed by atoms with E-state index in [4.69, 9.17) is 16.3 Å². The molecule has 0 fully saturated rings. The monoisotopic (exact) mass is 421 g/mol. The number of nitrogens with zero attached hydrogens (tertiary/aromatic N) is 3. The third-order valence-corrected chi connectivity index (χ3v) is 4.35. The molecular weight excluding hydrogens is 400 g/mol. The van der Waals surface area contributed by atoms with Gasteiger partial charge in [0.25, 0.3) is 5.56 Å². The van der Waals surface area contributed by atoms with E-state index in [2.05, 4.69) is 9.97 Å². The maximum Gasteiger partial charge on any atom is 0.277 e. The van der Waals surface area contributed by atoms with Crippen LogP contribution in [0.3, 0.4) is 0 Å². The maximum absolute atomic E-state index is 13.7. The van der Waals surface area contributed by atoms with Crippen molar-refractivity contribution in [3.8, 4) is 11.4 Å². The molecule has 29 heavy (non-hydrogen) atoms. The molecule has 0 saturated carbocycles. The van der Waals surface area contributed by atoms with Crippen molar-refractivity contribution < 1.29 is 13.5 Å². The molecular formula is C21H22ClF2N3O2. The Hall–Kier alpha value is -2.80. The molecule has 0 unspecified atom stereocenters. The Morgan fingerprint density at radius 2 is 1.76 bits per heavy atom. The van der Waals surface area contributed by atoms with E-state index in [1.54, 1.807) is 25.3 Å². The number of ether oxygens (including phenoxy) is 1. The van der Waals surface area contributed by atoms with Gasteiger partial charge in [0.15, 0.2) is 5.82 Å². The average Bonchev–Trinajstić information content (AvgIpc) is 2.69. The number of rotatable bonds is 4. The number of hydrogen-bond acceptors (Lipinski definition) is 4. The van der Waals surface area contributed by atoms with Crippen molar-refractivity contribution in [3.63, 3.8) is 0 Å². The fourth-order valence-electron chi connectivity index (χ4n) is 2.64. The van der Waals surface area contributed by atoms with E-state index in [9.17, 15) is 13.6 Å². The molecule has 0 radical (unpaired) electrons. The van der Waals surface area contributed by atoms with E-state index in [0.29, 0.717) is 17.4 Å². The van der Waals surface area contributed by atoms with Gasteiger partial charge in [0, 0.05) is 29.7 Å². The summed E-state index contributed by atoms with van der Waals surface area (Å²) in [5, 5.41) is -0.142. The number of pyridine rings is 3. The summed E-state index contributed by atoms with van der Waals surface area (Å²) in [4.78, 5) is 20.6. The van der Waals surface area contributed by atoms with Crippen LogP contribution in [0.2, 0.25) is 5.02 Å². The van der Waals surface area contributed by atoms with Crippen LogP contribution >= 0.6 is 11.6 Å². The zero-order valence-electron chi connectivity index (χ0n) is 16.9. The molecule has 0 bridgehead atoms. The summed E-state index contributed by atoms with van der Waals surface area (Å²) in [7, 11) is 0.